The molecule has 0 bridgehead atoms. The fourth-order valence-electron chi connectivity index (χ4n) is 1.30. The average Bonchev–Trinajstić information content (AvgIpc) is 2.21. The molecule has 16 heavy (non-hydrogen) atoms. The monoisotopic (exact) mass is 239 g/mol. The number of nitrogens with zero attached hydrogens (tertiary/aromatic N) is 1. The van der Waals surface area contributed by atoms with Gasteiger partial charge in [-0.15, -0.1) is 0 Å². The molecule has 0 N–H and O–H groups in total. The maximum atomic E-state index is 11.6. The summed E-state index contributed by atoms with van der Waals surface area (Å²) in [4.78, 5) is 0.162. The first-order chi connectivity index (χ1) is 7.51. The molecular weight excluding hydrogens is 226 g/mol. The molecule has 4 nitrogen and oxygen atoms in total. The average molecular weight is 239 g/mol. The molecule has 1 rings (SSSR count). The molecule has 0 aromatic heterocycles. The fraction of sp³-hybridized carbons (Fsp3) is 0.364. The predicted octanol–water partition coefficient (Wildman–Crippen LogP) is 1.69. The highest BCUT2D eigenvalue weighted by atomic mass is 32.2. The highest BCUT2D eigenvalue weighted by Gasteiger charge is 2.14. The number of sulfone groups is 1. The van der Waals surface area contributed by atoms with E-state index < -0.39 is 15.6 Å². The van der Waals surface area contributed by atoms with Crippen molar-refractivity contribution in [2.24, 2.45) is 0 Å². The van der Waals surface area contributed by atoms with E-state index in [4.69, 9.17) is 10.00 Å². The van der Waals surface area contributed by atoms with Crippen LogP contribution < -0.4 is 4.74 Å². The zero-order valence-corrected chi connectivity index (χ0v) is 10.0. The van der Waals surface area contributed by atoms with E-state index in [1.165, 1.54) is 12.1 Å². The minimum Gasteiger partial charge on any atom is -0.494 e. The molecule has 1 aromatic carbocycles. The summed E-state index contributed by atoms with van der Waals surface area (Å²) >= 11 is 0. The maximum absolute atomic E-state index is 11.6. The van der Waals surface area contributed by atoms with Gasteiger partial charge in [-0.2, -0.15) is 5.26 Å². The molecule has 0 aliphatic rings. The second-order valence-electron chi connectivity index (χ2n) is 3.28. The van der Waals surface area contributed by atoms with Crippen molar-refractivity contribution in [1.82, 2.24) is 0 Å². The van der Waals surface area contributed by atoms with Gasteiger partial charge >= 0.3 is 0 Å². The molecule has 0 fully saturated rings. The van der Waals surface area contributed by atoms with Gasteiger partial charge in [0.15, 0.2) is 9.84 Å². The van der Waals surface area contributed by atoms with Crippen molar-refractivity contribution in [1.29, 1.82) is 5.26 Å². The summed E-state index contributed by atoms with van der Waals surface area (Å²) in [6, 6.07) is 6.25. The minimum absolute atomic E-state index is 0.162. The molecule has 0 heterocycles. The highest BCUT2D eigenvalue weighted by molar-refractivity contribution is 7.91. The number of aryl methyl sites for hydroxylation is 1. The molecule has 0 spiro atoms. The van der Waals surface area contributed by atoms with Crippen LogP contribution in [0, 0.1) is 18.3 Å². The van der Waals surface area contributed by atoms with Gasteiger partial charge in [0.05, 0.1) is 17.6 Å². The fourth-order valence-corrected chi connectivity index (χ4v) is 2.27. The normalized spacial score (nSPS) is 10.8. The molecule has 0 aliphatic heterocycles. The lowest BCUT2D eigenvalue weighted by Gasteiger charge is -2.08. The van der Waals surface area contributed by atoms with E-state index in [-0.39, 0.29) is 4.90 Å². The Hall–Kier alpha value is -1.54. The van der Waals surface area contributed by atoms with Crippen molar-refractivity contribution in [3.63, 3.8) is 0 Å². The SMILES string of the molecule is CCOc1ccc(S(=O)(=O)CC#N)cc1C. The summed E-state index contributed by atoms with van der Waals surface area (Å²) in [6.45, 7) is 4.17. The van der Waals surface area contributed by atoms with Crippen molar-refractivity contribution in [2.75, 3.05) is 12.4 Å². The number of hydrogen-bond donors (Lipinski definition) is 0. The molecule has 0 amide bonds. The van der Waals surface area contributed by atoms with E-state index in [9.17, 15) is 8.42 Å². The molecule has 0 unspecified atom stereocenters. The highest BCUT2D eigenvalue weighted by Crippen LogP contribution is 2.22. The van der Waals surface area contributed by atoms with Gasteiger partial charge < -0.3 is 4.74 Å². The smallest absolute Gasteiger partial charge is 0.191 e. The lowest BCUT2D eigenvalue weighted by molar-refractivity contribution is 0.337. The summed E-state index contributed by atoms with van der Waals surface area (Å²) in [5, 5.41) is 8.42. The predicted molar refractivity (Wildman–Crippen MR) is 60.0 cm³/mol. The largest absolute Gasteiger partial charge is 0.494 e. The van der Waals surface area contributed by atoms with Gasteiger partial charge in [0.25, 0.3) is 0 Å². The molecular formula is C11H13NO3S. The van der Waals surface area contributed by atoms with Crippen LogP contribution in [0.4, 0.5) is 0 Å². The van der Waals surface area contributed by atoms with Crippen LogP contribution in [-0.4, -0.2) is 20.8 Å². The molecule has 0 aliphatic carbocycles. The van der Waals surface area contributed by atoms with Gasteiger partial charge in [0.2, 0.25) is 0 Å². The van der Waals surface area contributed by atoms with Crippen LogP contribution in [0.3, 0.4) is 0 Å². The Morgan fingerprint density at radius 3 is 2.62 bits per heavy atom. The Bertz CT molecular complexity index is 515. The molecule has 5 heteroatoms. The third-order valence-electron chi connectivity index (χ3n) is 2.06. The van der Waals surface area contributed by atoms with Gasteiger partial charge in [-0.1, -0.05) is 0 Å². The Morgan fingerprint density at radius 2 is 2.12 bits per heavy atom. The van der Waals surface area contributed by atoms with Crippen molar-refractivity contribution in [3.8, 4) is 11.8 Å². The molecule has 86 valence electrons. The molecule has 1 aromatic rings. The van der Waals surface area contributed by atoms with Crippen LogP contribution in [0.5, 0.6) is 5.75 Å². The number of rotatable bonds is 4. The van der Waals surface area contributed by atoms with E-state index >= 15 is 0 Å². The zero-order chi connectivity index (χ0) is 12.2. The van der Waals surface area contributed by atoms with Crippen LogP contribution in [-0.2, 0) is 9.84 Å². The summed E-state index contributed by atoms with van der Waals surface area (Å²) in [6.07, 6.45) is 0. The topological polar surface area (TPSA) is 67.2 Å². The summed E-state index contributed by atoms with van der Waals surface area (Å²) in [7, 11) is -3.48. The summed E-state index contributed by atoms with van der Waals surface area (Å²) < 4.78 is 28.5. The van der Waals surface area contributed by atoms with Gasteiger partial charge in [0.1, 0.15) is 11.5 Å². The quantitative estimate of drug-likeness (QED) is 0.801. The Balaban J connectivity index is 3.12. The standard InChI is InChI=1S/C11H13NO3S/c1-3-15-11-5-4-10(8-9(11)2)16(13,14)7-6-12/h4-5,8H,3,7H2,1-2H3. The van der Waals surface area contributed by atoms with Crippen LogP contribution >= 0.6 is 0 Å². The van der Waals surface area contributed by atoms with Crippen LogP contribution in [0.25, 0.3) is 0 Å². The second kappa shape index (κ2) is 4.99. The minimum atomic E-state index is -3.48. The van der Waals surface area contributed by atoms with Crippen LogP contribution in [0.1, 0.15) is 12.5 Å². The number of hydrogen-bond acceptors (Lipinski definition) is 4. The second-order valence-corrected chi connectivity index (χ2v) is 5.27. The van der Waals surface area contributed by atoms with Gasteiger partial charge in [0, 0.05) is 0 Å². The zero-order valence-electron chi connectivity index (χ0n) is 9.23. The molecule has 0 saturated heterocycles. The van der Waals surface area contributed by atoms with Gasteiger partial charge in [-0.3, -0.25) is 0 Å². The molecule has 0 radical (unpaired) electrons. The van der Waals surface area contributed by atoms with E-state index in [0.717, 1.165) is 5.56 Å². The summed E-state index contributed by atoms with van der Waals surface area (Å²) in [5.74, 6) is 0.166. The van der Waals surface area contributed by atoms with Crippen molar-refractivity contribution in [2.45, 2.75) is 18.7 Å². The third-order valence-corrected chi connectivity index (χ3v) is 3.54. The van der Waals surface area contributed by atoms with E-state index in [1.54, 1.807) is 19.1 Å². The third kappa shape index (κ3) is 2.74. The lowest BCUT2D eigenvalue weighted by atomic mass is 10.2. The van der Waals surface area contributed by atoms with Gasteiger partial charge in [-0.05, 0) is 37.6 Å². The van der Waals surface area contributed by atoms with Crippen LogP contribution in [0.15, 0.2) is 23.1 Å². The number of benzene rings is 1. The van der Waals surface area contributed by atoms with Crippen molar-refractivity contribution >= 4 is 9.84 Å². The van der Waals surface area contributed by atoms with E-state index in [2.05, 4.69) is 0 Å². The lowest BCUT2D eigenvalue weighted by Crippen LogP contribution is -2.05. The Kier molecular flexibility index (Phi) is 3.91. The molecule has 0 atom stereocenters. The Morgan fingerprint density at radius 1 is 1.44 bits per heavy atom. The van der Waals surface area contributed by atoms with Gasteiger partial charge in [-0.25, -0.2) is 8.42 Å². The van der Waals surface area contributed by atoms with E-state index in [0.29, 0.717) is 12.4 Å². The summed E-state index contributed by atoms with van der Waals surface area (Å²) in [5.41, 5.74) is 0.751. The maximum Gasteiger partial charge on any atom is 0.191 e. The molecule has 0 saturated carbocycles. The number of nitriles is 1. The van der Waals surface area contributed by atoms with E-state index in [1.807, 2.05) is 6.92 Å². The first kappa shape index (κ1) is 12.5. The van der Waals surface area contributed by atoms with Crippen molar-refractivity contribution in [3.05, 3.63) is 23.8 Å². The van der Waals surface area contributed by atoms with Crippen LogP contribution in [0.2, 0.25) is 0 Å². The number of ether oxygens (including phenoxy) is 1. The first-order valence-corrected chi connectivity index (χ1v) is 6.49. The first-order valence-electron chi connectivity index (χ1n) is 4.84. The van der Waals surface area contributed by atoms with Crippen molar-refractivity contribution < 1.29 is 13.2 Å². The Labute approximate surface area is 95.4 Å².